The van der Waals surface area contributed by atoms with E-state index in [-0.39, 0.29) is 17.9 Å². The normalized spacial score (nSPS) is 26.1. The molecule has 114 valence electrons. The van der Waals surface area contributed by atoms with E-state index in [0.717, 1.165) is 30.9 Å². The van der Waals surface area contributed by atoms with Crippen LogP contribution in [0.1, 0.15) is 11.1 Å². The maximum absolute atomic E-state index is 12.0. The highest BCUT2D eigenvalue weighted by atomic mass is 16.5. The highest BCUT2D eigenvalue weighted by Crippen LogP contribution is 2.23. The number of hydrogen-bond donors (Lipinski definition) is 1. The number of amides is 1. The van der Waals surface area contributed by atoms with E-state index < -0.39 is 0 Å². The van der Waals surface area contributed by atoms with Crippen molar-refractivity contribution >= 4 is 5.91 Å². The van der Waals surface area contributed by atoms with E-state index in [2.05, 4.69) is 35.3 Å². The summed E-state index contributed by atoms with van der Waals surface area (Å²) in [5.41, 5.74) is 2.35. The van der Waals surface area contributed by atoms with E-state index >= 15 is 0 Å². The lowest BCUT2D eigenvalue weighted by Crippen LogP contribution is -2.41. The largest absolute Gasteiger partial charge is 0.496 e. The molecule has 5 nitrogen and oxygen atoms in total. The van der Waals surface area contributed by atoms with E-state index in [0.29, 0.717) is 13.2 Å². The molecule has 2 fully saturated rings. The summed E-state index contributed by atoms with van der Waals surface area (Å²) in [4.78, 5) is 14.3. The van der Waals surface area contributed by atoms with Crippen molar-refractivity contribution in [1.29, 1.82) is 0 Å². The van der Waals surface area contributed by atoms with Gasteiger partial charge in [-0.15, -0.1) is 0 Å². The molecule has 0 spiro atoms. The van der Waals surface area contributed by atoms with Crippen LogP contribution >= 0.6 is 0 Å². The molecule has 2 heterocycles. The van der Waals surface area contributed by atoms with Crippen molar-refractivity contribution in [1.82, 2.24) is 10.2 Å². The molecule has 1 aromatic rings. The van der Waals surface area contributed by atoms with E-state index in [1.165, 1.54) is 5.56 Å². The molecule has 0 radical (unpaired) electrons. The monoisotopic (exact) mass is 290 g/mol. The number of methoxy groups -OCH3 is 1. The fourth-order valence-electron chi connectivity index (χ4n) is 3.07. The number of benzene rings is 1. The maximum atomic E-state index is 12.0. The van der Waals surface area contributed by atoms with Crippen LogP contribution in [0.4, 0.5) is 0 Å². The second-order valence-electron chi connectivity index (χ2n) is 5.95. The van der Waals surface area contributed by atoms with Gasteiger partial charge in [-0.3, -0.25) is 9.69 Å². The maximum Gasteiger partial charge on any atom is 0.227 e. The van der Waals surface area contributed by atoms with Gasteiger partial charge in [-0.1, -0.05) is 12.1 Å². The van der Waals surface area contributed by atoms with Crippen LogP contribution in [0, 0.1) is 12.8 Å². The van der Waals surface area contributed by atoms with Crippen LogP contribution in [0.5, 0.6) is 5.75 Å². The van der Waals surface area contributed by atoms with Crippen molar-refractivity contribution in [3.05, 3.63) is 29.3 Å². The second-order valence-corrected chi connectivity index (χ2v) is 5.95. The molecule has 0 aliphatic carbocycles. The molecule has 1 aromatic carbocycles. The van der Waals surface area contributed by atoms with Crippen molar-refractivity contribution in [2.24, 2.45) is 5.92 Å². The molecule has 21 heavy (non-hydrogen) atoms. The minimum Gasteiger partial charge on any atom is -0.496 e. The Morgan fingerprint density at radius 2 is 2.24 bits per heavy atom. The molecule has 3 rings (SSSR count). The van der Waals surface area contributed by atoms with E-state index in [1.54, 1.807) is 7.11 Å². The average Bonchev–Trinajstić information content (AvgIpc) is 2.69. The summed E-state index contributed by atoms with van der Waals surface area (Å²) in [6.45, 7) is 5.53. The molecule has 0 unspecified atom stereocenters. The topological polar surface area (TPSA) is 50.8 Å². The summed E-state index contributed by atoms with van der Waals surface area (Å²) < 4.78 is 11.0. The lowest BCUT2D eigenvalue weighted by Gasteiger charge is -2.28. The quantitative estimate of drug-likeness (QED) is 0.900. The number of hydrogen-bond acceptors (Lipinski definition) is 4. The molecule has 0 saturated carbocycles. The minimum absolute atomic E-state index is 0.0751. The van der Waals surface area contributed by atoms with Crippen LogP contribution in [0.3, 0.4) is 0 Å². The van der Waals surface area contributed by atoms with Crippen molar-refractivity contribution in [3.8, 4) is 5.75 Å². The summed E-state index contributed by atoms with van der Waals surface area (Å²) >= 11 is 0. The fraction of sp³-hybridized carbons (Fsp3) is 0.562. The molecular formula is C16H22N2O3. The van der Waals surface area contributed by atoms with Gasteiger partial charge in [0.15, 0.2) is 0 Å². The standard InChI is InChI=1S/C16H22N2O3/c1-11-3-4-12(15(5-11)20-2)6-18-7-13-9-21-10-14(8-18)17-16(13)19/h3-5,13-14H,6-10H2,1-2H3,(H,17,19)/t13-,14+/m1/s1. The van der Waals surface area contributed by atoms with Gasteiger partial charge in [-0.2, -0.15) is 0 Å². The summed E-state index contributed by atoms with van der Waals surface area (Å²) in [7, 11) is 1.70. The highest BCUT2D eigenvalue weighted by Gasteiger charge is 2.33. The van der Waals surface area contributed by atoms with Crippen LogP contribution in [-0.2, 0) is 16.1 Å². The summed E-state index contributed by atoms with van der Waals surface area (Å²) in [5.74, 6) is 0.963. The number of carbonyl (C=O) groups excluding carboxylic acids is 1. The first kappa shape index (κ1) is 14.4. The smallest absolute Gasteiger partial charge is 0.227 e. The fourth-order valence-corrected chi connectivity index (χ4v) is 3.07. The van der Waals surface area contributed by atoms with Gasteiger partial charge in [0.25, 0.3) is 0 Å². The first-order valence-electron chi connectivity index (χ1n) is 7.39. The Hall–Kier alpha value is -1.59. The van der Waals surface area contributed by atoms with Crippen molar-refractivity contribution in [2.75, 3.05) is 33.4 Å². The van der Waals surface area contributed by atoms with Crippen molar-refractivity contribution in [2.45, 2.75) is 19.5 Å². The van der Waals surface area contributed by atoms with Crippen LogP contribution in [0.2, 0.25) is 0 Å². The number of fused-ring (bicyclic) bond motifs is 3. The van der Waals surface area contributed by atoms with E-state index in [4.69, 9.17) is 9.47 Å². The first-order valence-corrected chi connectivity index (χ1v) is 7.39. The Balaban J connectivity index is 1.77. The van der Waals surface area contributed by atoms with Gasteiger partial charge in [-0.05, 0) is 18.6 Å². The van der Waals surface area contributed by atoms with Gasteiger partial charge in [0.2, 0.25) is 5.91 Å². The van der Waals surface area contributed by atoms with Gasteiger partial charge < -0.3 is 14.8 Å². The van der Waals surface area contributed by atoms with Crippen LogP contribution in [0.15, 0.2) is 18.2 Å². The number of nitrogens with one attached hydrogen (secondary N) is 1. The number of nitrogens with zero attached hydrogens (tertiary/aromatic N) is 1. The Bertz CT molecular complexity index is 532. The third-order valence-electron chi connectivity index (χ3n) is 4.15. The summed E-state index contributed by atoms with van der Waals surface area (Å²) in [6.07, 6.45) is 0. The number of carbonyl (C=O) groups is 1. The lowest BCUT2D eigenvalue weighted by atomic mass is 10.1. The number of rotatable bonds is 3. The molecular weight excluding hydrogens is 268 g/mol. The zero-order valence-electron chi connectivity index (χ0n) is 12.6. The van der Waals surface area contributed by atoms with Gasteiger partial charge in [-0.25, -0.2) is 0 Å². The molecule has 1 amide bonds. The molecule has 2 atom stereocenters. The SMILES string of the molecule is COc1cc(C)ccc1CN1C[C@H]2COC[C@@H](C1)C(=O)N2. The van der Waals surface area contributed by atoms with Gasteiger partial charge >= 0.3 is 0 Å². The predicted octanol–water partition coefficient (Wildman–Crippen LogP) is 0.950. The zero-order valence-corrected chi connectivity index (χ0v) is 12.6. The zero-order chi connectivity index (χ0) is 14.8. The van der Waals surface area contributed by atoms with Gasteiger partial charge in [0, 0.05) is 25.2 Å². The molecule has 0 aromatic heterocycles. The molecule has 2 aliphatic rings. The number of ether oxygens (including phenoxy) is 2. The van der Waals surface area contributed by atoms with Gasteiger partial charge in [0.1, 0.15) is 5.75 Å². The Labute approximate surface area is 125 Å². The van der Waals surface area contributed by atoms with E-state index in [1.807, 2.05) is 0 Å². The summed E-state index contributed by atoms with van der Waals surface area (Å²) in [5, 5.41) is 3.06. The van der Waals surface area contributed by atoms with Crippen molar-refractivity contribution in [3.63, 3.8) is 0 Å². The van der Waals surface area contributed by atoms with Gasteiger partial charge in [0.05, 0.1) is 32.3 Å². The molecule has 1 N–H and O–H groups in total. The highest BCUT2D eigenvalue weighted by molar-refractivity contribution is 5.79. The average molecular weight is 290 g/mol. The first-order chi connectivity index (χ1) is 10.2. The molecule has 2 bridgehead atoms. The second kappa shape index (κ2) is 6.03. The third kappa shape index (κ3) is 3.19. The Kier molecular flexibility index (Phi) is 4.12. The van der Waals surface area contributed by atoms with Crippen molar-refractivity contribution < 1.29 is 14.3 Å². The number of aryl methyl sites for hydroxylation is 1. The van der Waals surface area contributed by atoms with Crippen LogP contribution in [-0.4, -0.2) is 50.3 Å². The lowest BCUT2D eigenvalue weighted by molar-refractivity contribution is -0.125. The third-order valence-corrected chi connectivity index (χ3v) is 4.15. The summed E-state index contributed by atoms with van der Waals surface area (Å²) in [6, 6.07) is 6.35. The van der Waals surface area contributed by atoms with Crippen LogP contribution < -0.4 is 10.1 Å². The Morgan fingerprint density at radius 1 is 1.38 bits per heavy atom. The van der Waals surface area contributed by atoms with E-state index in [9.17, 15) is 4.79 Å². The molecule has 5 heteroatoms. The predicted molar refractivity (Wildman–Crippen MR) is 79.2 cm³/mol. The molecule has 2 saturated heterocycles. The van der Waals surface area contributed by atoms with Crippen LogP contribution in [0.25, 0.3) is 0 Å². The molecule has 2 aliphatic heterocycles. The minimum atomic E-state index is -0.0751. The Morgan fingerprint density at radius 3 is 3.05 bits per heavy atom.